The smallest absolute Gasteiger partial charge is 0.166 e. The number of rotatable bonds is 0. The summed E-state index contributed by atoms with van der Waals surface area (Å²) in [6, 6.07) is 17.0. The first-order valence-electron chi connectivity index (χ1n) is 20.5. The van der Waals surface area contributed by atoms with Gasteiger partial charge in [-0.3, -0.25) is 4.79 Å². The Labute approximate surface area is 296 Å². The van der Waals surface area contributed by atoms with Gasteiger partial charge in [-0.1, -0.05) is 0 Å². The van der Waals surface area contributed by atoms with Crippen LogP contribution >= 0.6 is 0 Å². The van der Waals surface area contributed by atoms with Gasteiger partial charge in [-0.15, -0.1) is 0 Å². The summed E-state index contributed by atoms with van der Waals surface area (Å²) in [7, 11) is 0. The molecule has 0 saturated heterocycles. The van der Waals surface area contributed by atoms with E-state index in [0.717, 1.165) is 78.2 Å². The number of carbonyl (C=O) groups excluding carboxylic acids is 1. The summed E-state index contributed by atoms with van der Waals surface area (Å²) < 4.78 is 9.63. The molecule has 4 nitrogen and oxygen atoms in total. The Morgan fingerprint density at radius 2 is 1.18 bits per heavy atom. The van der Waals surface area contributed by atoms with Crippen LogP contribution in [0.5, 0.6) is 0 Å². The van der Waals surface area contributed by atoms with E-state index in [2.05, 4.69) is 46.9 Å². The van der Waals surface area contributed by atoms with Crippen LogP contribution in [0.25, 0.3) is 60.0 Å². The lowest BCUT2D eigenvalue weighted by atomic mass is 9.67. The highest BCUT2D eigenvalue weighted by atomic mass is 16.3. The molecule has 10 aliphatic carbocycles. The molecule has 0 spiro atoms. The van der Waals surface area contributed by atoms with Crippen molar-refractivity contribution in [2.75, 3.05) is 0 Å². The van der Waals surface area contributed by atoms with Crippen LogP contribution in [0.15, 0.2) is 46.9 Å². The van der Waals surface area contributed by atoms with Gasteiger partial charge in [0.1, 0.15) is 11.2 Å². The van der Waals surface area contributed by atoms with Crippen LogP contribution in [-0.2, 0) is 0 Å². The molecule has 17 rings (SSSR count). The standard InChI is InChI=1S/C47H43NO3/c49-45-25-5-1-23(2-6-25)29-14-33-35-17-38-34-15-31-27-10-21-9-22(11-27)13-28(12-21)32(31)20-42(34)51-47(38)43-39-16-30-24-3-7-26(8-4-24)46(50)37(30)19-41(39)48(44(35)43)40(33)18-36(29)45/h14-28,45,49H,1-13H2. The molecule has 3 heterocycles. The van der Waals surface area contributed by atoms with Crippen molar-refractivity contribution in [1.29, 1.82) is 0 Å². The van der Waals surface area contributed by atoms with E-state index in [1.54, 1.807) is 11.1 Å². The molecule has 0 amide bonds. The molecule has 8 bridgehead atoms. The average Bonchev–Trinajstić information content (AvgIpc) is 3.62. The molecular formula is C47H43NO3. The van der Waals surface area contributed by atoms with Gasteiger partial charge < -0.3 is 13.9 Å². The Balaban J connectivity index is 1.14. The number of fused-ring (bicyclic) bond motifs is 14. The average molecular weight is 670 g/mol. The highest BCUT2D eigenvalue weighted by Gasteiger charge is 2.43. The molecule has 3 unspecified atom stereocenters. The summed E-state index contributed by atoms with van der Waals surface area (Å²) in [5, 5.41) is 19.3. The largest absolute Gasteiger partial charge is 0.455 e. The minimum atomic E-state index is -0.409. The highest BCUT2D eigenvalue weighted by molar-refractivity contribution is 6.33. The van der Waals surface area contributed by atoms with Crippen LogP contribution in [0, 0.1) is 23.7 Å². The van der Waals surface area contributed by atoms with Crippen LogP contribution in [0.3, 0.4) is 0 Å². The predicted molar refractivity (Wildman–Crippen MR) is 203 cm³/mol. The Morgan fingerprint density at radius 1 is 0.549 bits per heavy atom. The third-order valence-electron chi connectivity index (χ3n) is 16.4. The first-order chi connectivity index (χ1) is 25.0. The number of Topliss-reactive ketones (excluding diaryl/α,β-unsaturated/α-hetero) is 1. The summed E-state index contributed by atoms with van der Waals surface area (Å²) in [5.41, 5.74) is 13.5. The third-order valence-corrected chi connectivity index (χ3v) is 16.4. The molecule has 4 aromatic carbocycles. The Hall–Kier alpha value is -3.89. The maximum atomic E-state index is 14.1. The van der Waals surface area contributed by atoms with E-state index in [9.17, 15) is 9.90 Å². The van der Waals surface area contributed by atoms with Gasteiger partial charge in [-0.05, 0) is 195 Å². The summed E-state index contributed by atoms with van der Waals surface area (Å²) in [4.78, 5) is 14.1. The van der Waals surface area contributed by atoms with Gasteiger partial charge in [0.05, 0.1) is 28.0 Å². The van der Waals surface area contributed by atoms with E-state index in [-0.39, 0.29) is 5.92 Å². The maximum Gasteiger partial charge on any atom is 0.166 e. The monoisotopic (exact) mass is 669 g/mol. The lowest BCUT2D eigenvalue weighted by molar-refractivity contribution is 0.0897. The number of hydrogen-bond donors (Lipinski definition) is 1. The molecule has 3 aromatic heterocycles. The number of hydrogen-bond acceptors (Lipinski definition) is 3. The van der Waals surface area contributed by atoms with Crippen LogP contribution in [0.2, 0.25) is 0 Å². The quantitative estimate of drug-likeness (QED) is 0.175. The molecule has 1 N–H and O–H groups in total. The van der Waals surface area contributed by atoms with Crippen LogP contribution < -0.4 is 0 Å². The van der Waals surface area contributed by atoms with Gasteiger partial charge in [0, 0.05) is 38.4 Å². The number of aromatic nitrogens is 1. The van der Waals surface area contributed by atoms with Crippen molar-refractivity contribution in [2.24, 2.45) is 23.7 Å². The fraction of sp³-hybridized carbons (Fsp3) is 0.468. The zero-order chi connectivity index (χ0) is 33.0. The van der Waals surface area contributed by atoms with Crippen LogP contribution in [0.1, 0.15) is 151 Å². The number of aliphatic hydroxyl groups excluding tert-OH is 1. The molecule has 0 aliphatic heterocycles. The highest BCUT2D eigenvalue weighted by Crippen LogP contribution is 2.58. The van der Waals surface area contributed by atoms with Gasteiger partial charge in [0.2, 0.25) is 0 Å². The molecule has 254 valence electrons. The second-order valence-electron chi connectivity index (χ2n) is 18.7. The third kappa shape index (κ3) is 3.33. The van der Waals surface area contributed by atoms with E-state index in [0.29, 0.717) is 35.4 Å². The molecular weight excluding hydrogens is 627 g/mol. The maximum absolute atomic E-state index is 14.1. The normalized spacial score (nSPS) is 33.6. The minimum absolute atomic E-state index is 0.162. The Bertz CT molecular complexity index is 2710. The summed E-state index contributed by atoms with van der Waals surface area (Å²) >= 11 is 0. The molecule has 4 saturated carbocycles. The van der Waals surface area contributed by atoms with Crippen LogP contribution in [0.4, 0.5) is 0 Å². The molecule has 10 aliphatic rings. The number of nitrogens with zero attached hydrogens (tertiary/aromatic N) is 1. The second kappa shape index (κ2) is 9.18. The van der Waals surface area contributed by atoms with Crippen molar-refractivity contribution in [3.63, 3.8) is 0 Å². The summed E-state index contributed by atoms with van der Waals surface area (Å²) in [6.45, 7) is 0. The van der Waals surface area contributed by atoms with Crippen molar-refractivity contribution in [2.45, 2.75) is 113 Å². The predicted octanol–water partition coefficient (Wildman–Crippen LogP) is 11.9. The fourth-order valence-electron chi connectivity index (χ4n) is 14.2. The Kier molecular flexibility index (Phi) is 4.99. The Morgan fingerprint density at radius 3 is 1.96 bits per heavy atom. The lowest BCUT2D eigenvalue weighted by Gasteiger charge is -2.38. The molecule has 4 heteroatoms. The van der Waals surface area contributed by atoms with Gasteiger partial charge in [-0.2, -0.15) is 0 Å². The topological polar surface area (TPSA) is 54.9 Å². The molecule has 51 heavy (non-hydrogen) atoms. The number of benzene rings is 4. The summed E-state index contributed by atoms with van der Waals surface area (Å²) in [5.74, 6) is 5.01. The number of ketones is 1. The lowest BCUT2D eigenvalue weighted by Crippen LogP contribution is -2.25. The first-order valence-corrected chi connectivity index (χ1v) is 20.5. The number of aliphatic hydroxyl groups is 1. The van der Waals surface area contributed by atoms with Gasteiger partial charge in [0.25, 0.3) is 0 Å². The number of furan rings is 1. The van der Waals surface area contributed by atoms with Crippen molar-refractivity contribution < 1.29 is 14.3 Å². The molecule has 4 fully saturated rings. The van der Waals surface area contributed by atoms with Crippen molar-refractivity contribution >= 4 is 65.8 Å². The molecule has 7 aromatic rings. The first kappa shape index (κ1) is 27.7. The molecule has 3 atom stereocenters. The minimum Gasteiger partial charge on any atom is -0.455 e. The van der Waals surface area contributed by atoms with E-state index in [4.69, 9.17) is 4.42 Å². The van der Waals surface area contributed by atoms with Crippen molar-refractivity contribution in [3.8, 4) is 0 Å². The van der Waals surface area contributed by atoms with Gasteiger partial charge in [0.15, 0.2) is 5.78 Å². The van der Waals surface area contributed by atoms with E-state index >= 15 is 0 Å². The SMILES string of the molecule is O=C1c2cc3c(cc2C2CCC1CC2)c1c2oc4cc5c(cc4c2cc2c4cc6c(cc4n3c21)C(O)C1CCC6CC1)C1CC2CC(CC5C2)C1. The van der Waals surface area contributed by atoms with Crippen molar-refractivity contribution in [1.82, 2.24) is 4.40 Å². The zero-order valence-corrected chi connectivity index (χ0v) is 29.1. The van der Waals surface area contributed by atoms with E-state index < -0.39 is 6.10 Å². The van der Waals surface area contributed by atoms with E-state index in [1.807, 2.05) is 0 Å². The number of carbonyl (C=O) groups is 1. The fourth-order valence-corrected chi connectivity index (χ4v) is 14.2. The second-order valence-corrected chi connectivity index (χ2v) is 18.7. The van der Waals surface area contributed by atoms with E-state index in [1.165, 1.54) is 99.4 Å². The van der Waals surface area contributed by atoms with Crippen LogP contribution in [-0.4, -0.2) is 15.3 Å². The van der Waals surface area contributed by atoms with Gasteiger partial charge >= 0.3 is 0 Å². The van der Waals surface area contributed by atoms with Gasteiger partial charge in [-0.25, -0.2) is 0 Å². The molecule has 0 radical (unpaired) electrons. The zero-order valence-electron chi connectivity index (χ0n) is 29.1. The van der Waals surface area contributed by atoms with Crippen molar-refractivity contribution in [3.05, 3.63) is 75.8 Å². The summed E-state index contributed by atoms with van der Waals surface area (Å²) in [6.07, 6.45) is 15.3.